The molecule has 4 nitrogen and oxygen atoms in total. The molecule has 2 N–H and O–H groups in total. The number of nitrogens with one attached hydrogen (secondary N) is 2. The molecule has 4 heteroatoms. The number of hydrogen-bond acceptors (Lipinski definition) is 2. The van der Waals surface area contributed by atoms with Crippen molar-refractivity contribution in [3.05, 3.63) is 0 Å². The molecule has 13 heavy (non-hydrogen) atoms. The summed E-state index contributed by atoms with van der Waals surface area (Å²) < 4.78 is 0. The molecule has 0 aromatic rings. The van der Waals surface area contributed by atoms with E-state index in [1.807, 2.05) is 6.92 Å². The summed E-state index contributed by atoms with van der Waals surface area (Å²) in [5.41, 5.74) is 4.80. The third-order valence-electron chi connectivity index (χ3n) is 2.28. The van der Waals surface area contributed by atoms with E-state index < -0.39 is 0 Å². The monoisotopic (exact) mass is 184 g/mol. The molecule has 1 aliphatic rings. The lowest BCUT2D eigenvalue weighted by atomic mass is 10.2. The van der Waals surface area contributed by atoms with Gasteiger partial charge in [-0.2, -0.15) is 0 Å². The SMILES string of the molecule is CC(C)C(=O)NNC(=O)[C@H]1C[C@@H]1C. The topological polar surface area (TPSA) is 58.2 Å². The van der Waals surface area contributed by atoms with Crippen LogP contribution in [0, 0.1) is 17.8 Å². The standard InChI is InChI=1S/C9H16N2O2/c1-5(2)8(12)10-11-9(13)7-4-6(7)3/h5-7H,4H2,1-3H3,(H,10,12)(H,11,13)/t6-,7-/m0/s1. The molecular formula is C9H16N2O2. The largest absolute Gasteiger partial charge is 0.273 e. The summed E-state index contributed by atoms with van der Waals surface area (Å²) in [6.07, 6.45) is 0.934. The highest BCUT2D eigenvalue weighted by Gasteiger charge is 2.39. The number of hydrogen-bond donors (Lipinski definition) is 2. The highest BCUT2D eigenvalue weighted by atomic mass is 16.2. The molecule has 0 bridgehead atoms. The van der Waals surface area contributed by atoms with Gasteiger partial charge in [-0.1, -0.05) is 20.8 Å². The molecule has 1 saturated carbocycles. The number of carbonyl (C=O) groups excluding carboxylic acids is 2. The van der Waals surface area contributed by atoms with Gasteiger partial charge in [-0.05, 0) is 12.3 Å². The van der Waals surface area contributed by atoms with E-state index in [-0.39, 0.29) is 23.7 Å². The van der Waals surface area contributed by atoms with E-state index in [9.17, 15) is 9.59 Å². The summed E-state index contributed by atoms with van der Waals surface area (Å²) in [5, 5.41) is 0. The zero-order chi connectivity index (χ0) is 10.0. The van der Waals surface area contributed by atoms with Gasteiger partial charge in [0.15, 0.2) is 0 Å². The second kappa shape index (κ2) is 3.77. The van der Waals surface area contributed by atoms with Gasteiger partial charge in [0, 0.05) is 11.8 Å². The zero-order valence-corrected chi connectivity index (χ0v) is 8.26. The number of carbonyl (C=O) groups is 2. The highest BCUT2D eigenvalue weighted by molar-refractivity contribution is 5.85. The molecule has 0 unspecified atom stereocenters. The molecule has 0 spiro atoms. The minimum atomic E-state index is -0.151. The van der Waals surface area contributed by atoms with E-state index in [2.05, 4.69) is 10.9 Å². The van der Waals surface area contributed by atoms with Gasteiger partial charge in [-0.3, -0.25) is 20.4 Å². The van der Waals surface area contributed by atoms with E-state index in [0.29, 0.717) is 5.92 Å². The van der Waals surface area contributed by atoms with E-state index in [1.54, 1.807) is 13.8 Å². The molecule has 0 heterocycles. The fourth-order valence-electron chi connectivity index (χ4n) is 1.05. The first-order chi connectivity index (χ1) is 6.02. The van der Waals surface area contributed by atoms with Crippen LogP contribution in [-0.4, -0.2) is 11.8 Å². The average molecular weight is 184 g/mol. The summed E-state index contributed by atoms with van der Waals surface area (Å²) in [6, 6.07) is 0. The minimum Gasteiger partial charge on any atom is -0.273 e. The molecule has 74 valence electrons. The number of hydrazine groups is 1. The Hall–Kier alpha value is -1.06. The Balaban J connectivity index is 2.19. The Morgan fingerprint density at radius 3 is 2.23 bits per heavy atom. The van der Waals surface area contributed by atoms with Crippen LogP contribution in [0.4, 0.5) is 0 Å². The maximum atomic E-state index is 11.2. The van der Waals surface area contributed by atoms with Crippen LogP contribution in [0.5, 0.6) is 0 Å². The van der Waals surface area contributed by atoms with Crippen molar-refractivity contribution in [1.29, 1.82) is 0 Å². The molecule has 0 saturated heterocycles. The van der Waals surface area contributed by atoms with Crippen LogP contribution in [0.3, 0.4) is 0 Å². The Bertz CT molecular complexity index is 226. The van der Waals surface area contributed by atoms with Gasteiger partial charge in [0.2, 0.25) is 11.8 Å². The van der Waals surface area contributed by atoms with Crippen LogP contribution < -0.4 is 10.9 Å². The summed E-state index contributed by atoms with van der Waals surface area (Å²) >= 11 is 0. The summed E-state index contributed by atoms with van der Waals surface area (Å²) in [6.45, 7) is 5.58. The zero-order valence-electron chi connectivity index (χ0n) is 8.26. The van der Waals surface area contributed by atoms with Crippen molar-refractivity contribution in [2.45, 2.75) is 27.2 Å². The first-order valence-corrected chi connectivity index (χ1v) is 4.62. The van der Waals surface area contributed by atoms with Gasteiger partial charge >= 0.3 is 0 Å². The van der Waals surface area contributed by atoms with Gasteiger partial charge in [-0.15, -0.1) is 0 Å². The van der Waals surface area contributed by atoms with Crippen LogP contribution in [0.1, 0.15) is 27.2 Å². The van der Waals surface area contributed by atoms with Crippen LogP contribution in [-0.2, 0) is 9.59 Å². The maximum absolute atomic E-state index is 11.2. The summed E-state index contributed by atoms with van der Waals surface area (Å²) in [4.78, 5) is 22.3. The molecule has 0 aromatic carbocycles. The first-order valence-electron chi connectivity index (χ1n) is 4.62. The normalized spacial score (nSPS) is 25.5. The molecule has 1 fully saturated rings. The lowest BCUT2D eigenvalue weighted by molar-refractivity contribution is -0.131. The number of rotatable bonds is 2. The van der Waals surface area contributed by atoms with E-state index in [1.165, 1.54) is 0 Å². The van der Waals surface area contributed by atoms with Crippen molar-refractivity contribution >= 4 is 11.8 Å². The number of amides is 2. The van der Waals surface area contributed by atoms with Crippen LogP contribution >= 0.6 is 0 Å². The molecule has 2 amide bonds. The average Bonchev–Trinajstić information content (AvgIpc) is 2.77. The van der Waals surface area contributed by atoms with Gasteiger partial charge in [0.25, 0.3) is 0 Å². The lowest BCUT2D eigenvalue weighted by Crippen LogP contribution is -2.44. The highest BCUT2D eigenvalue weighted by Crippen LogP contribution is 2.37. The van der Waals surface area contributed by atoms with Crippen LogP contribution in [0.25, 0.3) is 0 Å². The molecule has 1 aliphatic carbocycles. The fourth-order valence-corrected chi connectivity index (χ4v) is 1.05. The van der Waals surface area contributed by atoms with Crippen molar-refractivity contribution in [1.82, 2.24) is 10.9 Å². The second-order valence-electron chi connectivity index (χ2n) is 3.95. The van der Waals surface area contributed by atoms with Crippen LogP contribution in [0.2, 0.25) is 0 Å². The van der Waals surface area contributed by atoms with Crippen LogP contribution in [0.15, 0.2) is 0 Å². The Morgan fingerprint density at radius 1 is 1.31 bits per heavy atom. The molecule has 0 aliphatic heterocycles. The lowest BCUT2D eigenvalue weighted by Gasteiger charge is -2.08. The third-order valence-corrected chi connectivity index (χ3v) is 2.28. The third kappa shape index (κ3) is 2.72. The van der Waals surface area contributed by atoms with Gasteiger partial charge in [0.05, 0.1) is 0 Å². The predicted octanol–water partition coefficient (Wildman–Crippen LogP) is 0.446. The predicted molar refractivity (Wildman–Crippen MR) is 48.4 cm³/mol. The van der Waals surface area contributed by atoms with Gasteiger partial charge < -0.3 is 0 Å². The molecule has 0 radical (unpaired) electrons. The van der Waals surface area contributed by atoms with Gasteiger partial charge in [-0.25, -0.2) is 0 Å². The minimum absolute atomic E-state index is 0.0681. The van der Waals surface area contributed by atoms with Crippen molar-refractivity contribution in [3.8, 4) is 0 Å². The summed E-state index contributed by atoms with van der Waals surface area (Å²) in [5.74, 6) is 0.253. The van der Waals surface area contributed by atoms with E-state index in [0.717, 1.165) is 6.42 Å². The first kappa shape index (κ1) is 10.0. The Morgan fingerprint density at radius 2 is 1.85 bits per heavy atom. The van der Waals surface area contributed by atoms with Gasteiger partial charge in [0.1, 0.15) is 0 Å². The van der Waals surface area contributed by atoms with E-state index in [4.69, 9.17) is 0 Å². The molecule has 2 atom stereocenters. The van der Waals surface area contributed by atoms with Crippen molar-refractivity contribution < 1.29 is 9.59 Å². The fraction of sp³-hybridized carbons (Fsp3) is 0.778. The second-order valence-corrected chi connectivity index (χ2v) is 3.95. The van der Waals surface area contributed by atoms with Crippen molar-refractivity contribution in [3.63, 3.8) is 0 Å². The van der Waals surface area contributed by atoms with Crippen molar-refractivity contribution in [2.24, 2.45) is 17.8 Å². The molecule has 1 rings (SSSR count). The molecule has 0 aromatic heterocycles. The molecular weight excluding hydrogens is 168 g/mol. The van der Waals surface area contributed by atoms with Crippen molar-refractivity contribution in [2.75, 3.05) is 0 Å². The van der Waals surface area contributed by atoms with E-state index >= 15 is 0 Å². The maximum Gasteiger partial charge on any atom is 0.241 e. The smallest absolute Gasteiger partial charge is 0.241 e. The quantitative estimate of drug-likeness (QED) is 0.612. The Kier molecular flexibility index (Phi) is 2.90. The Labute approximate surface area is 78.0 Å². The summed E-state index contributed by atoms with van der Waals surface area (Å²) in [7, 11) is 0.